The van der Waals surface area contributed by atoms with Crippen LogP contribution in [-0.4, -0.2) is 52.3 Å². The molecule has 1 amide bonds. The topological polar surface area (TPSA) is 83.1 Å². The predicted molar refractivity (Wildman–Crippen MR) is 120 cm³/mol. The van der Waals surface area contributed by atoms with Crippen LogP contribution >= 0.6 is 0 Å². The summed E-state index contributed by atoms with van der Waals surface area (Å²) in [4.78, 5) is 19.6. The lowest BCUT2D eigenvalue weighted by atomic mass is 10.0. The molecule has 0 atom stereocenters. The standard InChI is InChI=1S/C24H21F2N5O2/c25-20-3-1-2-18(22(20)26)15-4-7-21-19(12-15)23(30-29-21)24(32)28-16-5-6-17(27-13-16)14-31-8-10-33-11-9-31/h1-7,12-13H,8-11,14H2,(H,28,32)(H,29,30). The van der Waals surface area contributed by atoms with Crippen molar-refractivity contribution in [1.29, 1.82) is 0 Å². The van der Waals surface area contributed by atoms with Gasteiger partial charge in [-0.25, -0.2) is 8.78 Å². The average molecular weight is 449 g/mol. The molecule has 2 N–H and O–H groups in total. The molecule has 1 aliphatic rings. The first-order valence-electron chi connectivity index (χ1n) is 10.6. The Balaban J connectivity index is 1.34. The molecule has 1 fully saturated rings. The molecule has 168 valence electrons. The monoisotopic (exact) mass is 449 g/mol. The number of rotatable bonds is 5. The maximum absolute atomic E-state index is 14.2. The second kappa shape index (κ2) is 9.05. The molecule has 0 spiro atoms. The van der Waals surface area contributed by atoms with Crippen LogP contribution in [0.25, 0.3) is 22.0 Å². The highest BCUT2D eigenvalue weighted by molar-refractivity contribution is 6.11. The number of H-pyrrole nitrogens is 1. The van der Waals surface area contributed by atoms with E-state index in [2.05, 4.69) is 25.4 Å². The van der Waals surface area contributed by atoms with Gasteiger partial charge >= 0.3 is 0 Å². The summed E-state index contributed by atoms with van der Waals surface area (Å²) in [5.41, 5.74) is 2.77. The number of fused-ring (bicyclic) bond motifs is 1. The van der Waals surface area contributed by atoms with E-state index >= 15 is 0 Å². The number of hydrogen-bond donors (Lipinski definition) is 2. The van der Waals surface area contributed by atoms with Crippen LogP contribution in [-0.2, 0) is 11.3 Å². The van der Waals surface area contributed by atoms with Crippen molar-refractivity contribution < 1.29 is 18.3 Å². The molecule has 5 rings (SSSR count). The number of aromatic nitrogens is 3. The molecule has 0 unspecified atom stereocenters. The summed E-state index contributed by atoms with van der Waals surface area (Å²) < 4.78 is 33.3. The maximum Gasteiger partial charge on any atom is 0.276 e. The number of nitrogens with zero attached hydrogens (tertiary/aromatic N) is 3. The molecule has 1 saturated heterocycles. The third-order valence-corrected chi connectivity index (χ3v) is 5.61. The van der Waals surface area contributed by atoms with Gasteiger partial charge in [0.2, 0.25) is 0 Å². The van der Waals surface area contributed by atoms with Gasteiger partial charge in [-0.1, -0.05) is 18.2 Å². The molecule has 4 aromatic rings. The molecule has 33 heavy (non-hydrogen) atoms. The summed E-state index contributed by atoms with van der Waals surface area (Å²) >= 11 is 0. The maximum atomic E-state index is 14.2. The summed E-state index contributed by atoms with van der Waals surface area (Å²) in [7, 11) is 0. The summed E-state index contributed by atoms with van der Waals surface area (Å²) in [6.45, 7) is 3.90. The highest BCUT2D eigenvalue weighted by Gasteiger charge is 2.17. The molecule has 0 saturated carbocycles. The first kappa shape index (κ1) is 21.2. The molecule has 3 heterocycles. The Bertz CT molecular complexity index is 1300. The quantitative estimate of drug-likeness (QED) is 0.482. The average Bonchev–Trinajstić information content (AvgIpc) is 3.26. The number of carbonyl (C=O) groups is 1. The van der Waals surface area contributed by atoms with E-state index in [9.17, 15) is 13.6 Å². The van der Waals surface area contributed by atoms with Crippen LogP contribution in [0.2, 0.25) is 0 Å². The highest BCUT2D eigenvalue weighted by Crippen LogP contribution is 2.28. The van der Waals surface area contributed by atoms with Crippen LogP contribution in [0.1, 0.15) is 16.2 Å². The van der Waals surface area contributed by atoms with Gasteiger partial charge < -0.3 is 10.1 Å². The Hall–Kier alpha value is -3.69. The van der Waals surface area contributed by atoms with Crippen molar-refractivity contribution in [2.75, 3.05) is 31.6 Å². The zero-order valence-electron chi connectivity index (χ0n) is 17.6. The zero-order valence-corrected chi connectivity index (χ0v) is 17.6. The Morgan fingerprint density at radius 2 is 1.97 bits per heavy atom. The minimum absolute atomic E-state index is 0.115. The van der Waals surface area contributed by atoms with Gasteiger partial charge in [0.25, 0.3) is 5.91 Å². The van der Waals surface area contributed by atoms with E-state index in [0.717, 1.165) is 44.6 Å². The molecule has 7 nitrogen and oxygen atoms in total. The van der Waals surface area contributed by atoms with Crippen molar-refractivity contribution in [1.82, 2.24) is 20.1 Å². The van der Waals surface area contributed by atoms with Crippen LogP contribution in [0.5, 0.6) is 0 Å². The van der Waals surface area contributed by atoms with Gasteiger partial charge in [-0.15, -0.1) is 0 Å². The summed E-state index contributed by atoms with van der Waals surface area (Å²) in [5, 5.41) is 10.2. The summed E-state index contributed by atoms with van der Waals surface area (Å²) in [5.74, 6) is -2.29. The van der Waals surface area contributed by atoms with Crippen LogP contribution < -0.4 is 5.32 Å². The zero-order chi connectivity index (χ0) is 22.8. The van der Waals surface area contributed by atoms with E-state index in [0.29, 0.717) is 22.2 Å². The van der Waals surface area contributed by atoms with Gasteiger partial charge in [-0.05, 0) is 35.9 Å². The Morgan fingerprint density at radius 3 is 2.76 bits per heavy atom. The normalized spacial score (nSPS) is 14.5. The molecule has 0 aliphatic carbocycles. The number of aromatic amines is 1. The number of ether oxygens (including phenoxy) is 1. The SMILES string of the molecule is O=C(Nc1ccc(CN2CCOCC2)nc1)c1n[nH]c2ccc(-c3cccc(F)c3F)cc12. The number of pyridine rings is 1. The van der Waals surface area contributed by atoms with E-state index < -0.39 is 17.5 Å². The van der Waals surface area contributed by atoms with E-state index in [1.165, 1.54) is 12.1 Å². The Morgan fingerprint density at radius 1 is 1.12 bits per heavy atom. The number of anilines is 1. The smallest absolute Gasteiger partial charge is 0.276 e. The molecule has 2 aromatic carbocycles. The predicted octanol–water partition coefficient (Wildman–Crippen LogP) is 3.99. The molecule has 1 aliphatic heterocycles. The highest BCUT2D eigenvalue weighted by atomic mass is 19.2. The van der Waals surface area contributed by atoms with Crippen LogP contribution in [0.3, 0.4) is 0 Å². The molecule has 9 heteroatoms. The molecule has 0 radical (unpaired) electrons. The fourth-order valence-electron chi connectivity index (χ4n) is 3.85. The summed E-state index contributed by atoms with van der Waals surface area (Å²) in [6.07, 6.45) is 1.61. The number of amides is 1. The third kappa shape index (κ3) is 4.46. The van der Waals surface area contributed by atoms with Crippen molar-refractivity contribution in [2.45, 2.75) is 6.54 Å². The first-order chi connectivity index (χ1) is 16.1. The minimum Gasteiger partial charge on any atom is -0.379 e. The first-order valence-corrected chi connectivity index (χ1v) is 10.6. The Labute approximate surface area is 188 Å². The lowest BCUT2D eigenvalue weighted by Crippen LogP contribution is -2.35. The van der Waals surface area contributed by atoms with Gasteiger partial charge in [-0.3, -0.25) is 19.8 Å². The van der Waals surface area contributed by atoms with E-state index in [1.807, 2.05) is 6.07 Å². The molecule has 2 aromatic heterocycles. The Kier molecular flexibility index (Phi) is 5.80. The van der Waals surface area contributed by atoms with Crippen molar-refractivity contribution in [3.63, 3.8) is 0 Å². The van der Waals surface area contributed by atoms with Gasteiger partial charge in [0.15, 0.2) is 17.3 Å². The van der Waals surface area contributed by atoms with Crippen LogP contribution in [0.15, 0.2) is 54.7 Å². The number of halogens is 2. The summed E-state index contributed by atoms with van der Waals surface area (Å²) in [6, 6.07) is 12.6. The fraction of sp³-hybridized carbons (Fsp3) is 0.208. The minimum atomic E-state index is -0.936. The molecular weight excluding hydrogens is 428 g/mol. The number of nitrogens with one attached hydrogen (secondary N) is 2. The second-order valence-electron chi connectivity index (χ2n) is 7.81. The van der Waals surface area contributed by atoms with Gasteiger partial charge in [0.1, 0.15) is 0 Å². The lowest BCUT2D eigenvalue weighted by molar-refractivity contribution is 0.0336. The van der Waals surface area contributed by atoms with Gasteiger partial charge in [-0.2, -0.15) is 5.10 Å². The third-order valence-electron chi connectivity index (χ3n) is 5.61. The number of hydrogen-bond acceptors (Lipinski definition) is 5. The van der Waals surface area contributed by atoms with Crippen LogP contribution in [0, 0.1) is 11.6 Å². The van der Waals surface area contributed by atoms with Crippen molar-refractivity contribution >= 4 is 22.5 Å². The number of morpholine rings is 1. The number of carbonyl (C=O) groups excluding carboxylic acids is 1. The van der Waals surface area contributed by atoms with E-state index in [-0.39, 0.29) is 11.3 Å². The van der Waals surface area contributed by atoms with Gasteiger partial charge in [0, 0.05) is 30.6 Å². The van der Waals surface area contributed by atoms with Crippen molar-refractivity contribution in [3.8, 4) is 11.1 Å². The van der Waals surface area contributed by atoms with E-state index in [1.54, 1.807) is 30.5 Å². The fourth-order valence-corrected chi connectivity index (χ4v) is 3.85. The largest absolute Gasteiger partial charge is 0.379 e. The lowest BCUT2D eigenvalue weighted by Gasteiger charge is -2.26. The van der Waals surface area contributed by atoms with E-state index in [4.69, 9.17) is 4.74 Å². The van der Waals surface area contributed by atoms with Crippen molar-refractivity contribution in [2.24, 2.45) is 0 Å². The second-order valence-corrected chi connectivity index (χ2v) is 7.81. The van der Waals surface area contributed by atoms with Crippen LogP contribution in [0.4, 0.5) is 14.5 Å². The van der Waals surface area contributed by atoms with Crippen molar-refractivity contribution in [3.05, 3.63) is 77.8 Å². The molecule has 0 bridgehead atoms. The number of benzene rings is 2. The molecular formula is C24H21F2N5O2. The van der Waals surface area contributed by atoms with Gasteiger partial charge in [0.05, 0.1) is 36.3 Å².